The first-order chi connectivity index (χ1) is 13.4. The third kappa shape index (κ3) is 7.04. The van der Waals surface area contributed by atoms with E-state index in [9.17, 15) is 4.79 Å². The smallest absolute Gasteiger partial charge is 0.238 e. The van der Waals surface area contributed by atoms with Crippen LogP contribution in [0.4, 0.5) is 5.69 Å². The number of hydrogen-bond acceptors (Lipinski definition) is 3. The van der Waals surface area contributed by atoms with Crippen LogP contribution in [0.2, 0.25) is 0 Å². The highest BCUT2D eigenvalue weighted by atomic mass is 16.2. The van der Waals surface area contributed by atoms with Gasteiger partial charge >= 0.3 is 0 Å². The molecule has 2 rings (SSSR count). The maximum atomic E-state index is 11.9. The quantitative estimate of drug-likeness (QED) is 0.572. The Morgan fingerprint density at radius 3 is 2.39 bits per heavy atom. The van der Waals surface area contributed by atoms with E-state index in [1.165, 1.54) is 11.1 Å². The number of amides is 1. The highest BCUT2D eigenvalue weighted by Gasteiger charge is 2.08. The molecule has 0 aliphatic heterocycles. The van der Waals surface area contributed by atoms with Crippen LogP contribution in [-0.4, -0.2) is 56.4 Å². The fraction of sp³-hybridized carbons (Fsp3) is 0.364. The van der Waals surface area contributed by atoms with Crippen LogP contribution in [-0.2, 0) is 17.9 Å². The normalized spacial score (nSPS) is 11.4. The molecule has 2 aromatic rings. The van der Waals surface area contributed by atoms with E-state index in [1.54, 1.807) is 7.05 Å². The Kier molecular flexibility index (Phi) is 8.02. The summed E-state index contributed by atoms with van der Waals surface area (Å²) in [6.45, 7) is 3.85. The highest BCUT2D eigenvalue weighted by molar-refractivity contribution is 5.92. The lowest BCUT2D eigenvalue weighted by molar-refractivity contribution is -0.116. The van der Waals surface area contributed by atoms with Gasteiger partial charge < -0.3 is 20.4 Å². The van der Waals surface area contributed by atoms with Crippen molar-refractivity contribution < 1.29 is 4.79 Å². The van der Waals surface area contributed by atoms with Crippen molar-refractivity contribution in [2.75, 3.05) is 40.1 Å². The van der Waals surface area contributed by atoms with Crippen LogP contribution in [0.3, 0.4) is 0 Å². The average molecular weight is 382 g/mol. The van der Waals surface area contributed by atoms with Gasteiger partial charge in [0.1, 0.15) is 0 Å². The second-order valence-electron chi connectivity index (χ2n) is 7.23. The second-order valence-corrected chi connectivity index (χ2v) is 7.23. The first kappa shape index (κ1) is 21.4. The Hall–Kier alpha value is -2.86. The standard InChI is InChI=1S/C22H31N5O/c1-17-9-11-18(12-10-17)15-27(5)22(23-2)24-14-19-7-6-8-20(13-19)25-21(28)16-26(3)4/h6-13H,14-16H2,1-5H3,(H,23,24)(H,25,28). The van der Waals surface area contributed by atoms with Crippen molar-refractivity contribution in [2.24, 2.45) is 4.99 Å². The van der Waals surface area contributed by atoms with E-state index in [2.05, 4.69) is 51.7 Å². The lowest BCUT2D eigenvalue weighted by Gasteiger charge is -2.22. The summed E-state index contributed by atoms with van der Waals surface area (Å²) in [5.74, 6) is 0.798. The van der Waals surface area contributed by atoms with Crippen LogP contribution >= 0.6 is 0 Å². The van der Waals surface area contributed by atoms with E-state index in [0.717, 1.165) is 23.8 Å². The predicted octanol–water partition coefficient (Wildman–Crippen LogP) is 2.70. The second kappa shape index (κ2) is 10.5. The number of guanidine groups is 1. The number of benzene rings is 2. The Morgan fingerprint density at radius 1 is 1.04 bits per heavy atom. The molecule has 0 saturated carbocycles. The predicted molar refractivity (Wildman–Crippen MR) is 116 cm³/mol. The minimum atomic E-state index is -0.0243. The molecule has 0 heterocycles. The topological polar surface area (TPSA) is 60.0 Å². The molecule has 0 bridgehead atoms. The number of aryl methyl sites for hydroxylation is 1. The molecule has 0 unspecified atom stereocenters. The summed E-state index contributed by atoms with van der Waals surface area (Å²) in [4.78, 5) is 20.2. The minimum Gasteiger partial charge on any atom is -0.352 e. The van der Waals surface area contributed by atoms with E-state index >= 15 is 0 Å². The van der Waals surface area contributed by atoms with Crippen LogP contribution in [0, 0.1) is 6.92 Å². The molecule has 28 heavy (non-hydrogen) atoms. The number of hydrogen-bond donors (Lipinski definition) is 2. The highest BCUT2D eigenvalue weighted by Crippen LogP contribution is 2.11. The van der Waals surface area contributed by atoms with Crippen LogP contribution < -0.4 is 10.6 Å². The number of nitrogens with one attached hydrogen (secondary N) is 2. The van der Waals surface area contributed by atoms with Gasteiger partial charge in [0.05, 0.1) is 6.54 Å². The van der Waals surface area contributed by atoms with Crippen molar-refractivity contribution in [1.82, 2.24) is 15.1 Å². The van der Waals surface area contributed by atoms with Gasteiger partial charge in [0.15, 0.2) is 5.96 Å². The van der Waals surface area contributed by atoms with Crippen LogP contribution in [0.5, 0.6) is 0 Å². The Balaban J connectivity index is 1.92. The van der Waals surface area contributed by atoms with Crippen molar-refractivity contribution in [3.05, 3.63) is 65.2 Å². The van der Waals surface area contributed by atoms with Crippen molar-refractivity contribution >= 4 is 17.6 Å². The van der Waals surface area contributed by atoms with Gasteiger partial charge in [-0.05, 0) is 44.3 Å². The molecule has 1 amide bonds. The lowest BCUT2D eigenvalue weighted by Crippen LogP contribution is -2.38. The maximum Gasteiger partial charge on any atom is 0.238 e. The zero-order valence-electron chi connectivity index (χ0n) is 17.5. The lowest BCUT2D eigenvalue weighted by atomic mass is 10.1. The molecule has 150 valence electrons. The molecule has 0 aromatic heterocycles. The number of nitrogens with zero attached hydrogens (tertiary/aromatic N) is 3. The number of rotatable bonds is 7. The fourth-order valence-corrected chi connectivity index (χ4v) is 2.85. The molecule has 0 aliphatic carbocycles. The molecule has 0 spiro atoms. The molecule has 0 saturated heterocycles. The Bertz CT molecular complexity index is 799. The zero-order chi connectivity index (χ0) is 20.5. The summed E-state index contributed by atoms with van der Waals surface area (Å²) >= 11 is 0. The summed E-state index contributed by atoms with van der Waals surface area (Å²) < 4.78 is 0. The van der Waals surface area contributed by atoms with Gasteiger partial charge in [-0.2, -0.15) is 0 Å². The molecular weight excluding hydrogens is 350 g/mol. The Morgan fingerprint density at radius 2 is 1.75 bits per heavy atom. The van der Waals surface area contributed by atoms with E-state index < -0.39 is 0 Å². The fourth-order valence-electron chi connectivity index (χ4n) is 2.85. The van der Waals surface area contributed by atoms with Gasteiger partial charge in [-0.1, -0.05) is 42.0 Å². The van der Waals surface area contributed by atoms with Gasteiger partial charge in [-0.15, -0.1) is 0 Å². The van der Waals surface area contributed by atoms with Crippen LogP contribution in [0.25, 0.3) is 0 Å². The molecule has 0 radical (unpaired) electrons. The van der Waals surface area contributed by atoms with Crippen molar-refractivity contribution in [3.8, 4) is 0 Å². The summed E-state index contributed by atoms with van der Waals surface area (Å²) in [6.07, 6.45) is 0. The molecule has 6 heteroatoms. The first-order valence-electron chi connectivity index (χ1n) is 9.38. The number of likely N-dealkylation sites (N-methyl/N-ethyl adjacent to an activating group) is 1. The molecule has 2 N–H and O–H groups in total. The van der Waals surface area contributed by atoms with Gasteiger partial charge in [-0.25, -0.2) is 0 Å². The van der Waals surface area contributed by atoms with Crippen molar-refractivity contribution in [3.63, 3.8) is 0 Å². The summed E-state index contributed by atoms with van der Waals surface area (Å²) in [5, 5.41) is 6.31. The molecule has 0 aliphatic rings. The van der Waals surface area contributed by atoms with E-state index in [-0.39, 0.29) is 5.91 Å². The maximum absolute atomic E-state index is 11.9. The molecular formula is C22H31N5O. The molecule has 2 aromatic carbocycles. The van der Waals surface area contributed by atoms with Crippen LogP contribution in [0.1, 0.15) is 16.7 Å². The average Bonchev–Trinajstić information content (AvgIpc) is 2.63. The third-order valence-electron chi connectivity index (χ3n) is 4.23. The van der Waals surface area contributed by atoms with E-state index in [4.69, 9.17) is 0 Å². The van der Waals surface area contributed by atoms with Gasteiger partial charge in [0.2, 0.25) is 5.91 Å². The summed E-state index contributed by atoms with van der Waals surface area (Å²) in [7, 11) is 7.55. The van der Waals surface area contributed by atoms with Gasteiger partial charge in [-0.3, -0.25) is 9.79 Å². The Labute approximate surface area is 168 Å². The first-order valence-corrected chi connectivity index (χ1v) is 9.38. The largest absolute Gasteiger partial charge is 0.352 e. The number of aliphatic imine (C=N–C) groups is 1. The molecule has 0 atom stereocenters. The third-order valence-corrected chi connectivity index (χ3v) is 4.23. The van der Waals surface area contributed by atoms with Gasteiger partial charge in [0, 0.05) is 32.9 Å². The van der Waals surface area contributed by atoms with E-state index in [0.29, 0.717) is 13.1 Å². The SMILES string of the molecule is CN=C(NCc1cccc(NC(=O)CN(C)C)c1)N(C)Cc1ccc(C)cc1. The number of carbonyl (C=O) groups excluding carboxylic acids is 1. The van der Waals surface area contributed by atoms with Crippen LogP contribution in [0.15, 0.2) is 53.5 Å². The minimum absolute atomic E-state index is 0.0243. The van der Waals surface area contributed by atoms with Gasteiger partial charge in [0.25, 0.3) is 0 Å². The van der Waals surface area contributed by atoms with Crippen molar-refractivity contribution in [2.45, 2.75) is 20.0 Å². The molecule has 0 fully saturated rings. The summed E-state index contributed by atoms with van der Waals surface area (Å²) in [5.41, 5.74) is 4.37. The molecule has 6 nitrogen and oxygen atoms in total. The monoisotopic (exact) mass is 381 g/mol. The van der Waals surface area contributed by atoms with Crippen molar-refractivity contribution in [1.29, 1.82) is 0 Å². The van der Waals surface area contributed by atoms with E-state index in [1.807, 2.05) is 50.3 Å². The zero-order valence-corrected chi connectivity index (χ0v) is 17.5. The number of anilines is 1. The number of carbonyl (C=O) groups is 1. The summed E-state index contributed by atoms with van der Waals surface area (Å²) in [6, 6.07) is 16.4.